The van der Waals surface area contributed by atoms with E-state index >= 15 is 0 Å². The Bertz CT molecular complexity index is 1110. The second-order valence-corrected chi connectivity index (χ2v) is 9.76. The summed E-state index contributed by atoms with van der Waals surface area (Å²) in [5.74, 6) is 0.913. The summed E-state index contributed by atoms with van der Waals surface area (Å²) in [6.45, 7) is 2.01. The molecule has 1 aliphatic carbocycles. The van der Waals surface area contributed by atoms with Crippen LogP contribution in [-0.2, 0) is 22.6 Å². The van der Waals surface area contributed by atoms with Crippen molar-refractivity contribution >= 4 is 23.6 Å². The Balaban J connectivity index is 1.42. The Morgan fingerprint density at radius 3 is 2.62 bits per heavy atom. The standard InChI is InChI=1S/C23H26ClF2N5O3/c1-14(11-25)34-22(33)30-12-16-10-17(24)2-3-18(16)31-19(13-30)27-28-20(31)15-4-8-29(9-5-15)21(32)23(26)6-7-23/h2-3,10,14-15H,4-9,11-13H2,1H3/t14-/m1/s1. The zero-order valence-electron chi connectivity index (χ0n) is 18.8. The molecule has 11 heteroatoms. The molecule has 1 saturated heterocycles. The lowest BCUT2D eigenvalue weighted by molar-refractivity contribution is -0.139. The van der Waals surface area contributed by atoms with E-state index in [0.717, 1.165) is 17.1 Å². The maximum Gasteiger partial charge on any atom is 0.410 e. The highest BCUT2D eigenvalue weighted by Crippen LogP contribution is 2.42. The van der Waals surface area contributed by atoms with Gasteiger partial charge in [-0.05, 0) is 56.4 Å². The summed E-state index contributed by atoms with van der Waals surface area (Å²) in [5, 5.41) is 9.34. The molecule has 0 spiro atoms. The average Bonchev–Trinajstić information content (AvgIpc) is 3.50. The van der Waals surface area contributed by atoms with E-state index in [4.69, 9.17) is 16.3 Å². The number of benzene rings is 1. The molecule has 182 valence electrons. The predicted molar refractivity (Wildman–Crippen MR) is 119 cm³/mol. The maximum absolute atomic E-state index is 14.2. The van der Waals surface area contributed by atoms with Crippen LogP contribution in [0.1, 0.15) is 55.7 Å². The van der Waals surface area contributed by atoms with Gasteiger partial charge < -0.3 is 9.64 Å². The minimum absolute atomic E-state index is 0.0219. The molecule has 0 N–H and O–H groups in total. The molecule has 2 amide bonds. The third-order valence-electron chi connectivity index (χ3n) is 6.73. The van der Waals surface area contributed by atoms with Gasteiger partial charge in [-0.15, -0.1) is 10.2 Å². The molecule has 2 fully saturated rings. The molecule has 0 radical (unpaired) electrons. The lowest BCUT2D eigenvalue weighted by Gasteiger charge is -2.32. The Labute approximate surface area is 200 Å². The Kier molecular flexibility index (Phi) is 5.95. The van der Waals surface area contributed by atoms with Gasteiger partial charge in [-0.3, -0.25) is 14.3 Å². The van der Waals surface area contributed by atoms with Gasteiger partial charge in [0, 0.05) is 24.0 Å². The van der Waals surface area contributed by atoms with Crippen LogP contribution in [0.15, 0.2) is 18.2 Å². The summed E-state index contributed by atoms with van der Waals surface area (Å²) < 4.78 is 34.3. The van der Waals surface area contributed by atoms with Gasteiger partial charge in [0.05, 0.1) is 18.8 Å². The summed E-state index contributed by atoms with van der Waals surface area (Å²) in [4.78, 5) is 28.1. The lowest BCUT2D eigenvalue weighted by Crippen LogP contribution is -2.43. The molecule has 1 aromatic carbocycles. The van der Waals surface area contributed by atoms with Crippen LogP contribution in [0.4, 0.5) is 13.6 Å². The second kappa shape index (κ2) is 8.79. The van der Waals surface area contributed by atoms with Crippen molar-refractivity contribution in [2.75, 3.05) is 19.8 Å². The van der Waals surface area contributed by atoms with E-state index in [1.165, 1.54) is 11.8 Å². The molecule has 1 aromatic heterocycles. The van der Waals surface area contributed by atoms with Crippen molar-refractivity contribution < 1.29 is 23.1 Å². The highest BCUT2D eigenvalue weighted by Gasteiger charge is 2.53. The number of ether oxygens (including phenoxy) is 1. The first kappa shape index (κ1) is 23.0. The molecule has 1 saturated carbocycles. The van der Waals surface area contributed by atoms with E-state index < -0.39 is 30.4 Å². The van der Waals surface area contributed by atoms with Crippen LogP contribution >= 0.6 is 11.6 Å². The fourth-order valence-corrected chi connectivity index (χ4v) is 4.84. The van der Waals surface area contributed by atoms with Crippen molar-refractivity contribution in [2.24, 2.45) is 0 Å². The van der Waals surface area contributed by atoms with E-state index in [-0.39, 0.29) is 19.0 Å². The molecule has 0 bridgehead atoms. The van der Waals surface area contributed by atoms with Crippen LogP contribution in [0.2, 0.25) is 5.02 Å². The van der Waals surface area contributed by atoms with Gasteiger partial charge in [0.1, 0.15) is 18.6 Å². The smallest absolute Gasteiger partial charge is 0.410 e. The van der Waals surface area contributed by atoms with Crippen LogP contribution in [0.25, 0.3) is 5.69 Å². The first-order valence-electron chi connectivity index (χ1n) is 11.5. The van der Waals surface area contributed by atoms with E-state index in [0.29, 0.717) is 49.6 Å². The van der Waals surface area contributed by atoms with Gasteiger partial charge in [0.2, 0.25) is 0 Å². The van der Waals surface area contributed by atoms with Crippen LogP contribution in [0.3, 0.4) is 0 Å². The topological polar surface area (TPSA) is 80.6 Å². The van der Waals surface area contributed by atoms with Gasteiger partial charge >= 0.3 is 6.09 Å². The molecule has 5 rings (SSSR count). The lowest BCUT2D eigenvalue weighted by atomic mass is 9.95. The van der Waals surface area contributed by atoms with E-state index in [2.05, 4.69) is 10.2 Å². The number of rotatable bonds is 4. The Morgan fingerprint density at radius 1 is 1.21 bits per heavy atom. The number of hydrogen-bond acceptors (Lipinski definition) is 5. The van der Waals surface area contributed by atoms with E-state index in [1.54, 1.807) is 17.0 Å². The number of nitrogens with zero attached hydrogens (tertiary/aromatic N) is 5. The first-order chi connectivity index (χ1) is 16.3. The van der Waals surface area contributed by atoms with Crippen LogP contribution in [-0.4, -0.2) is 68.1 Å². The van der Waals surface area contributed by atoms with Crippen molar-refractivity contribution in [1.29, 1.82) is 0 Å². The molecular formula is C23H26ClF2N5O3. The quantitative estimate of drug-likeness (QED) is 0.644. The van der Waals surface area contributed by atoms with Gasteiger partial charge in [-0.1, -0.05) is 11.6 Å². The van der Waals surface area contributed by atoms with Gasteiger partial charge in [0.25, 0.3) is 5.91 Å². The van der Waals surface area contributed by atoms with Crippen molar-refractivity contribution in [3.8, 4) is 5.69 Å². The molecule has 1 atom stereocenters. The molecule has 2 aromatic rings. The molecule has 8 nitrogen and oxygen atoms in total. The average molecular weight is 494 g/mol. The van der Waals surface area contributed by atoms with Crippen molar-refractivity contribution in [2.45, 2.75) is 63.4 Å². The molecule has 34 heavy (non-hydrogen) atoms. The summed E-state index contributed by atoms with van der Waals surface area (Å²) >= 11 is 6.25. The van der Waals surface area contributed by atoms with Crippen LogP contribution < -0.4 is 0 Å². The number of alkyl halides is 2. The van der Waals surface area contributed by atoms with Crippen LogP contribution in [0.5, 0.6) is 0 Å². The van der Waals surface area contributed by atoms with Crippen molar-refractivity contribution in [3.63, 3.8) is 0 Å². The molecular weight excluding hydrogens is 468 g/mol. The maximum atomic E-state index is 14.2. The summed E-state index contributed by atoms with van der Waals surface area (Å²) in [7, 11) is 0. The number of aromatic nitrogens is 3. The minimum atomic E-state index is -1.66. The number of carbonyl (C=O) groups is 2. The fraction of sp³-hybridized carbons (Fsp3) is 0.565. The predicted octanol–water partition coefficient (Wildman–Crippen LogP) is 3.94. The van der Waals surface area contributed by atoms with Gasteiger partial charge in [-0.25, -0.2) is 13.6 Å². The minimum Gasteiger partial charge on any atom is -0.444 e. The molecule has 3 aliphatic rings. The van der Waals surface area contributed by atoms with Crippen molar-refractivity contribution in [3.05, 3.63) is 40.4 Å². The van der Waals surface area contributed by atoms with E-state index in [1.807, 2.05) is 10.6 Å². The number of piperidine rings is 1. The van der Waals surface area contributed by atoms with Crippen molar-refractivity contribution in [1.82, 2.24) is 24.6 Å². The molecule has 3 heterocycles. The number of fused-ring (bicyclic) bond motifs is 3. The zero-order valence-corrected chi connectivity index (χ0v) is 19.6. The second-order valence-electron chi connectivity index (χ2n) is 9.32. The fourth-order valence-electron chi connectivity index (χ4n) is 4.65. The number of carbonyl (C=O) groups excluding carboxylic acids is 2. The summed E-state index contributed by atoms with van der Waals surface area (Å²) in [6, 6.07) is 5.42. The van der Waals surface area contributed by atoms with E-state index in [9.17, 15) is 18.4 Å². The normalized spacial score (nSPS) is 20.2. The highest BCUT2D eigenvalue weighted by molar-refractivity contribution is 6.30. The Hall–Kier alpha value is -2.75. The zero-order chi connectivity index (χ0) is 24.0. The van der Waals surface area contributed by atoms with Gasteiger partial charge in [-0.2, -0.15) is 0 Å². The summed E-state index contributed by atoms with van der Waals surface area (Å²) in [5.41, 5.74) is -0.0559. The number of halogens is 3. The highest BCUT2D eigenvalue weighted by atomic mass is 35.5. The van der Waals surface area contributed by atoms with Crippen LogP contribution in [0, 0.1) is 0 Å². The SMILES string of the molecule is C[C@H](CF)OC(=O)N1Cc2cc(Cl)ccc2-n2c(nnc2C2CCN(C(=O)C3(F)CC3)CC2)C1. The third kappa shape index (κ3) is 4.23. The number of hydrogen-bond donors (Lipinski definition) is 0. The number of amides is 2. The monoisotopic (exact) mass is 493 g/mol. The first-order valence-corrected chi connectivity index (χ1v) is 11.9. The molecule has 2 aliphatic heterocycles. The summed E-state index contributed by atoms with van der Waals surface area (Å²) in [6.07, 6.45) is 0.416. The van der Waals surface area contributed by atoms with Gasteiger partial charge in [0.15, 0.2) is 11.5 Å². The Morgan fingerprint density at radius 2 is 1.94 bits per heavy atom. The largest absolute Gasteiger partial charge is 0.444 e. The number of likely N-dealkylation sites (tertiary alicyclic amines) is 1. The molecule has 0 unspecified atom stereocenters. The third-order valence-corrected chi connectivity index (χ3v) is 6.96.